The van der Waals surface area contributed by atoms with Crippen molar-refractivity contribution in [1.29, 1.82) is 0 Å². The van der Waals surface area contributed by atoms with E-state index in [2.05, 4.69) is 10.4 Å². The third kappa shape index (κ3) is 3.56. The van der Waals surface area contributed by atoms with E-state index in [1.165, 1.54) is 0 Å². The van der Waals surface area contributed by atoms with Crippen LogP contribution in [-0.2, 0) is 6.54 Å². The molecular formula is C16H20N4O3. The van der Waals surface area contributed by atoms with Crippen molar-refractivity contribution < 1.29 is 4.79 Å². The van der Waals surface area contributed by atoms with Gasteiger partial charge in [0.2, 0.25) is 5.69 Å². The minimum Gasteiger partial charge on any atom is -0.350 e. The molecule has 1 aromatic carbocycles. The van der Waals surface area contributed by atoms with Gasteiger partial charge in [-0.2, -0.15) is 9.78 Å². The van der Waals surface area contributed by atoms with Gasteiger partial charge >= 0.3 is 5.69 Å². The van der Waals surface area contributed by atoms with Crippen molar-refractivity contribution in [2.75, 3.05) is 6.54 Å². The molecule has 7 heteroatoms. The molecule has 1 amide bonds. The third-order valence-corrected chi connectivity index (χ3v) is 3.26. The zero-order valence-corrected chi connectivity index (χ0v) is 13.3. The van der Waals surface area contributed by atoms with Crippen LogP contribution in [0.2, 0.25) is 0 Å². The highest BCUT2D eigenvalue weighted by atomic mass is 16.2. The van der Waals surface area contributed by atoms with Crippen LogP contribution in [0.1, 0.15) is 37.2 Å². The van der Waals surface area contributed by atoms with E-state index in [-0.39, 0.29) is 12.2 Å². The highest BCUT2D eigenvalue weighted by Crippen LogP contribution is 2.01. The third-order valence-electron chi connectivity index (χ3n) is 3.26. The minimum absolute atomic E-state index is 0.237. The van der Waals surface area contributed by atoms with E-state index in [0.29, 0.717) is 18.7 Å². The summed E-state index contributed by atoms with van der Waals surface area (Å²) in [6.45, 7) is 4.45. The molecule has 0 aliphatic carbocycles. The van der Waals surface area contributed by atoms with Gasteiger partial charge in [0.1, 0.15) is 0 Å². The molecule has 0 aliphatic rings. The Bertz CT molecular complexity index is 793. The number of amides is 1. The number of carbonyl (C=O) groups excluding carboxylic acids is 1. The van der Waals surface area contributed by atoms with Crippen molar-refractivity contribution in [3.63, 3.8) is 0 Å². The summed E-state index contributed by atoms with van der Waals surface area (Å²) in [6, 6.07) is 8.72. The molecule has 2 aromatic rings. The highest BCUT2D eigenvalue weighted by molar-refractivity contribution is 5.91. The SMILES string of the molecule is CCCNC(=O)c1nn(-c2ccccc2)c(=O)n(CCC)c1=O. The first-order valence-electron chi connectivity index (χ1n) is 7.68. The Kier molecular flexibility index (Phi) is 5.46. The highest BCUT2D eigenvalue weighted by Gasteiger charge is 2.19. The molecule has 0 saturated carbocycles. The van der Waals surface area contributed by atoms with Gasteiger partial charge in [0.25, 0.3) is 11.5 Å². The Morgan fingerprint density at radius 1 is 1.13 bits per heavy atom. The monoisotopic (exact) mass is 316 g/mol. The maximum atomic E-state index is 12.5. The molecule has 2 rings (SSSR count). The quantitative estimate of drug-likeness (QED) is 0.859. The molecule has 7 nitrogen and oxygen atoms in total. The smallest absolute Gasteiger partial charge is 0.350 e. The molecular weight excluding hydrogens is 296 g/mol. The first kappa shape index (κ1) is 16.7. The van der Waals surface area contributed by atoms with Crippen LogP contribution in [0.5, 0.6) is 0 Å². The molecule has 1 N–H and O–H groups in total. The van der Waals surface area contributed by atoms with Crippen molar-refractivity contribution in [3.8, 4) is 5.69 Å². The Balaban J connectivity index is 2.64. The second kappa shape index (κ2) is 7.53. The molecule has 1 heterocycles. The standard InChI is InChI=1S/C16H20N4O3/c1-3-10-17-14(21)13-15(22)19(11-4-2)16(23)20(18-13)12-8-6-5-7-9-12/h5-9H,3-4,10-11H2,1-2H3,(H,17,21). The molecule has 0 saturated heterocycles. The zero-order chi connectivity index (χ0) is 16.8. The number of aromatic nitrogens is 3. The van der Waals surface area contributed by atoms with Gasteiger partial charge in [-0.3, -0.25) is 14.2 Å². The van der Waals surface area contributed by atoms with Gasteiger partial charge in [-0.05, 0) is 25.0 Å². The fourth-order valence-electron chi connectivity index (χ4n) is 2.14. The van der Waals surface area contributed by atoms with E-state index in [1.807, 2.05) is 19.9 Å². The van der Waals surface area contributed by atoms with Crippen LogP contribution in [0.15, 0.2) is 39.9 Å². The van der Waals surface area contributed by atoms with Crippen LogP contribution >= 0.6 is 0 Å². The summed E-state index contributed by atoms with van der Waals surface area (Å²) in [5.74, 6) is -0.564. The van der Waals surface area contributed by atoms with E-state index in [1.54, 1.807) is 24.3 Å². The number of nitrogens with zero attached hydrogens (tertiary/aromatic N) is 3. The van der Waals surface area contributed by atoms with Crippen LogP contribution in [-0.4, -0.2) is 26.8 Å². The summed E-state index contributed by atoms with van der Waals surface area (Å²) in [5, 5.41) is 6.62. The second-order valence-corrected chi connectivity index (χ2v) is 5.09. The van der Waals surface area contributed by atoms with Gasteiger partial charge in [0.15, 0.2) is 0 Å². The van der Waals surface area contributed by atoms with Gasteiger partial charge in [0, 0.05) is 13.1 Å². The Hall–Kier alpha value is -2.70. The number of benzene rings is 1. The molecule has 122 valence electrons. The zero-order valence-electron chi connectivity index (χ0n) is 13.3. The lowest BCUT2D eigenvalue weighted by atomic mass is 10.3. The van der Waals surface area contributed by atoms with Crippen LogP contribution < -0.4 is 16.6 Å². The summed E-state index contributed by atoms with van der Waals surface area (Å²) < 4.78 is 2.15. The fraction of sp³-hybridized carbons (Fsp3) is 0.375. The molecule has 0 bridgehead atoms. The topological polar surface area (TPSA) is 86.0 Å². The van der Waals surface area contributed by atoms with E-state index >= 15 is 0 Å². The average molecular weight is 316 g/mol. The van der Waals surface area contributed by atoms with Crippen molar-refractivity contribution >= 4 is 5.91 Å². The average Bonchev–Trinajstić information content (AvgIpc) is 2.57. The molecule has 0 radical (unpaired) electrons. The summed E-state index contributed by atoms with van der Waals surface area (Å²) in [5.41, 5.74) is -0.963. The number of hydrogen-bond donors (Lipinski definition) is 1. The summed E-state index contributed by atoms with van der Waals surface area (Å²) in [4.78, 5) is 37.1. The minimum atomic E-state index is -0.655. The predicted molar refractivity (Wildman–Crippen MR) is 87.0 cm³/mol. The first-order chi connectivity index (χ1) is 11.1. The van der Waals surface area contributed by atoms with Gasteiger partial charge < -0.3 is 5.32 Å². The molecule has 1 aromatic heterocycles. The Labute approximate surface area is 133 Å². The van der Waals surface area contributed by atoms with Crippen molar-refractivity contribution in [2.45, 2.75) is 33.2 Å². The summed E-state index contributed by atoms with van der Waals surface area (Å²) in [7, 11) is 0. The number of nitrogens with one attached hydrogen (secondary N) is 1. The predicted octanol–water partition coefficient (Wildman–Crippen LogP) is 0.944. The van der Waals surface area contributed by atoms with E-state index < -0.39 is 17.2 Å². The molecule has 0 aliphatic heterocycles. The summed E-state index contributed by atoms with van der Waals surface area (Å²) >= 11 is 0. The maximum absolute atomic E-state index is 12.5. The van der Waals surface area contributed by atoms with Crippen LogP contribution in [0, 0.1) is 0 Å². The van der Waals surface area contributed by atoms with Crippen molar-refractivity contribution in [3.05, 3.63) is 56.9 Å². The van der Waals surface area contributed by atoms with Crippen LogP contribution in [0.25, 0.3) is 5.69 Å². The van der Waals surface area contributed by atoms with Gasteiger partial charge in [-0.1, -0.05) is 32.0 Å². The first-order valence-corrected chi connectivity index (χ1v) is 7.68. The summed E-state index contributed by atoms with van der Waals surface area (Å²) in [6.07, 6.45) is 1.34. The van der Waals surface area contributed by atoms with Crippen molar-refractivity contribution in [1.82, 2.24) is 19.7 Å². The Morgan fingerprint density at radius 3 is 2.43 bits per heavy atom. The molecule has 0 spiro atoms. The lowest BCUT2D eigenvalue weighted by molar-refractivity contribution is 0.0943. The number of hydrogen-bond acceptors (Lipinski definition) is 4. The molecule has 0 fully saturated rings. The lowest BCUT2D eigenvalue weighted by Gasteiger charge is -2.11. The van der Waals surface area contributed by atoms with Gasteiger partial charge in [-0.25, -0.2) is 4.79 Å². The van der Waals surface area contributed by atoms with Crippen LogP contribution in [0.3, 0.4) is 0 Å². The van der Waals surface area contributed by atoms with E-state index in [4.69, 9.17) is 0 Å². The second-order valence-electron chi connectivity index (χ2n) is 5.09. The van der Waals surface area contributed by atoms with Crippen molar-refractivity contribution in [2.24, 2.45) is 0 Å². The Morgan fingerprint density at radius 2 is 1.83 bits per heavy atom. The number of carbonyl (C=O) groups is 1. The molecule has 0 unspecified atom stereocenters. The normalized spacial score (nSPS) is 10.5. The molecule has 23 heavy (non-hydrogen) atoms. The van der Waals surface area contributed by atoms with E-state index in [0.717, 1.165) is 15.7 Å². The van der Waals surface area contributed by atoms with E-state index in [9.17, 15) is 14.4 Å². The largest absolute Gasteiger partial charge is 0.352 e. The maximum Gasteiger partial charge on any atom is 0.352 e. The van der Waals surface area contributed by atoms with Crippen LogP contribution in [0.4, 0.5) is 0 Å². The number of para-hydroxylation sites is 1. The fourth-order valence-corrected chi connectivity index (χ4v) is 2.14. The lowest BCUT2D eigenvalue weighted by Crippen LogP contribution is -2.45. The van der Waals surface area contributed by atoms with Gasteiger partial charge in [-0.15, -0.1) is 0 Å². The number of rotatable bonds is 6. The van der Waals surface area contributed by atoms with Gasteiger partial charge in [0.05, 0.1) is 5.69 Å². The molecule has 0 atom stereocenters.